The largest absolute Gasteiger partial charge is 0.326 e. The summed E-state index contributed by atoms with van der Waals surface area (Å²) in [5.41, 5.74) is 4.06. The van der Waals surface area contributed by atoms with Gasteiger partial charge in [-0.3, -0.25) is 14.4 Å². The summed E-state index contributed by atoms with van der Waals surface area (Å²) in [6.45, 7) is 3.50. The summed E-state index contributed by atoms with van der Waals surface area (Å²) < 4.78 is 1.57. The normalized spacial score (nSPS) is 15.0. The lowest BCUT2D eigenvalue weighted by atomic mass is 10.1. The molecule has 0 bridgehead atoms. The van der Waals surface area contributed by atoms with Crippen LogP contribution in [0.15, 0.2) is 54.7 Å². The van der Waals surface area contributed by atoms with E-state index in [-0.39, 0.29) is 24.0 Å². The molecule has 0 spiro atoms. The summed E-state index contributed by atoms with van der Waals surface area (Å²) in [5.74, 6) is -0.00643. The Morgan fingerprint density at radius 1 is 1.10 bits per heavy atom. The zero-order valence-electron chi connectivity index (χ0n) is 16.1. The number of rotatable bonds is 5. The fourth-order valence-electron chi connectivity index (χ4n) is 3.33. The molecule has 0 fully saturated rings. The molecule has 2 amide bonds. The van der Waals surface area contributed by atoms with Gasteiger partial charge in [-0.2, -0.15) is 5.10 Å². The Bertz CT molecular complexity index is 1100. The van der Waals surface area contributed by atoms with Crippen molar-refractivity contribution in [3.05, 3.63) is 65.9 Å². The minimum absolute atomic E-state index is 0.0394. The number of Topliss-reactive ketones (excluding diaryl/α,β-unsaturated/α-hetero) is 1. The Balaban J connectivity index is 1.49. The lowest BCUT2D eigenvalue weighted by Crippen LogP contribution is -2.23. The molecular weight excluding hydrogens is 368 g/mol. The van der Waals surface area contributed by atoms with Crippen LogP contribution in [0.4, 0.5) is 11.5 Å². The van der Waals surface area contributed by atoms with Crippen LogP contribution in [0.1, 0.15) is 35.3 Å². The minimum atomic E-state index is -0.708. The summed E-state index contributed by atoms with van der Waals surface area (Å²) >= 11 is 0. The van der Waals surface area contributed by atoms with E-state index in [1.54, 1.807) is 35.1 Å². The average molecular weight is 388 g/mol. The maximum absolute atomic E-state index is 12.5. The molecule has 0 radical (unpaired) electrons. The molecule has 146 valence electrons. The van der Waals surface area contributed by atoms with E-state index in [0.717, 1.165) is 16.7 Å². The number of carbonyl (C=O) groups excluding carboxylic acids is 3. The van der Waals surface area contributed by atoms with Gasteiger partial charge >= 0.3 is 0 Å². The first-order chi connectivity index (χ1) is 13.9. The Hall–Kier alpha value is -3.74. The average Bonchev–Trinajstić information content (AvgIpc) is 3.22. The first-order valence-electron chi connectivity index (χ1n) is 9.28. The van der Waals surface area contributed by atoms with Crippen molar-refractivity contribution in [1.82, 2.24) is 9.78 Å². The van der Waals surface area contributed by atoms with Gasteiger partial charge in [-0.25, -0.2) is 4.68 Å². The summed E-state index contributed by atoms with van der Waals surface area (Å²) in [5, 5.41) is 9.94. The Labute approximate surface area is 167 Å². The van der Waals surface area contributed by atoms with Crippen molar-refractivity contribution >= 4 is 29.1 Å². The van der Waals surface area contributed by atoms with Crippen molar-refractivity contribution in [2.45, 2.75) is 26.3 Å². The van der Waals surface area contributed by atoms with Crippen LogP contribution in [-0.2, 0) is 9.59 Å². The van der Waals surface area contributed by atoms with Crippen LogP contribution in [0.2, 0.25) is 0 Å². The van der Waals surface area contributed by atoms with Crippen LogP contribution < -0.4 is 10.6 Å². The van der Waals surface area contributed by atoms with Crippen LogP contribution in [0.3, 0.4) is 0 Å². The van der Waals surface area contributed by atoms with E-state index in [1.165, 1.54) is 6.92 Å². The molecule has 0 saturated heterocycles. The molecule has 2 N–H and O–H groups in total. The maximum atomic E-state index is 12.5. The fourth-order valence-corrected chi connectivity index (χ4v) is 3.33. The van der Waals surface area contributed by atoms with Crippen LogP contribution in [0.25, 0.3) is 11.1 Å². The third kappa shape index (κ3) is 3.67. The molecule has 1 atom stereocenters. The maximum Gasteiger partial charge on any atom is 0.251 e. The molecule has 29 heavy (non-hydrogen) atoms. The van der Waals surface area contributed by atoms with Gasteiger partial charge in [0.2, 0.25) is 5.91 Å². The van der Waals surface area contributed by atoms with Crippen molar-refractivity contribution in [2.75, 3.05) is 10.6 Å². The zero-order chi connectivity index (χ0) is 20.5. The third-order valence-electron chi connectivity index (χ3n) is 4.95. The van der Waals surface area contributed by atoms with Crippen LogP contribution >= 0.6 is 0 Å². The Kier molecular flexibility index (Phi) is 4.72. The molecular formula is C22H20N4O3. The number of amides is 2. The summed E-state index contributed by atoms with van der Waals surface area (Å²) in [7, 11) is 0. The number of ketones is 1. The van der Waals surface area contributed by atoms with Crippen molar-refractivity contribution in [3.63, 3.8) is 0 Å². The molecule has 7 nitrogen and oxygen atoms in total. The molecule has 0 saturated carbocycles. The van der Waals surface area contributed by atoms with E-state index >= 15 is 0 Å². The third-order valence-corrected chi connectivity index (χ3v) is 4.95. The highest BCUT2D eigenvalue weighted by molar-refractivity contribution is 6.04. The number of aromatic nitrogens is 2. The summed E-state index contributed by atoms with van der Waals surface area (Å²) in [4.78, 5) is 36.2. The molecule has 4 rings (SSSR count). The molecule has 1 aliphatic heterocycles. The number of nitrogens with zero attached hydrogens (tertiary/aromatic N) is 2. The first kappa shape index (κ1) is 18.6. The van der Waals surface area contributed by atoms with Gasteiger partial charge in [-0.15, -0.1) is 0 Å². The zero-order valence-corrected chi connectivity index (χ0v) is 16.1. The number of carbonyl (C=O) groups is 3. The quantitative estimate of drug-likeness (QED) is 0.654. The van der Waals surface area contributed by atoms with Gasteiger partial charge in [0.1, 0.15) is 11.9 Å². The molecule has 1 aromatic heterocycles. The SMILES string of the molecule is CC(=O)c1ccc(NC(=O)CC2C(=O)Nc3c(-c4ccc(C)cc4)cnn32)cc1. The second-order valence-corrected chi connectivity index (χ2v) is 7.11. The van der Waals surface area contributed by atoms with Crippen molar-refractivity contribution < 1.29 is 14.4 Å². The Morgan fingerprint density at radius 2 is 1.79 bits per heavy atom. The Morgan fingerprint density at radius 3 is 2.45 bits per heavy atom. The number of nitrogens with one attached hydrogen (secondary N) is 2. The highest BCUT2D eigenvalue weighted by Gasteiger charge is 2.35. The lowest BCUT2D eigenvalue weighted by Gasteiger charge is -2.10. The van der Waals surface area contributed by atoms with E-state index in [1.807, 2.05) is 31.2 Å². The van der Waals surface area contributed by atoms with Crippen LogP contribution in [0.5, 0.6) is 0 Å². The molecule has 2 aromatic carbocycles. The van der Waals surface area contributed by atoms with E-state index < -0.39 is 6.04 Å². The van der Waals surface area contributed by atoms with Crippen molar-refractivity contribution in [2.24, 2.45) is 0 Å². The monoisotopic (exact) mass is 388 g/mol. The second kappa shape index (κ2) is 7.35. The van der Waals surface area contributed by atoms with Gasteiger partial charge in [0.15, 0.2) is 5.78 Å². The summed E-state index contributed by atoms with van der Waals surface area (Å²) in [6, 6.07) is 13.9. The number of anilines is 2. The van der Waals surface area contributed by atoms with Gasteiger partial charge in [-0.05, 0) is 43.7 Å². The van der Waals surface area contributed by atoms with Gasteiger partial charge in [-0.1, -0.05) is 29.8 Å². The van der Waals surface area contributed by atoms with Gasteiger partial charge < -0.3 is 10.6 Å². The van der Waals surface area contributed by atoms with Gasteiger partial charge in [0.25, 0.3) is 5.91 Å². The van der Waals surface area contributed by atoms with Crippen LogP contribution in [0, 0.1) is 6.92 Å². The van der Waals surface area contributed by atoms with E-state index in [4.69, 9.17) is 0 Å². The molecule has 3 aromatic rings. The molecule has 2 heterocycles. The highest BCUT2D eigenvalue weighted by atomic mass is 16.2. The number of aryl methyl sites for hydroxylation is 1. The van der Waals surface area contributed by atoms with Crippen LogP contribution in [-0.4, -0.2) is 27.4 Å². The molecule has 0 aliphatic carbocycles. The van der Waals surface area contributed by atoms with E-state index in [2.05, 4.69) is 15.7 Å². The van der Waals surface area contributed by atoms with E-state index in [9.17, 15) is 14.4 Å². The fraction of sp³-hybridized carbons (Fsp3) is 0.182. The minimum Gasteiger partial charge on any atom is -0.326 e. The highest BCUT2D eigenvalue weighted by Crippen LogP contribution is 2.35. The van der Waals surface area contributed by atoms with Gasteiger partial charge in [0.05, 0.1) is 12.6 Å². The summed E-state index contributed by atoms with van der Waals surface area (Å²) in [6.07, 6.45) is 1.66. The molecule has 1 unspecified atom stereocenters. The van der Waals surface area contributed by atoms with Gasteiger partial charge in [0, 0.05) is 16.8 Å². The first-order valence-corrected chi connectivity index (χ1v) is 9.28. The number of benzene rings is 2. The molecule has 1 aliphatic rings. The second-order valence-electron chi connectivity index (χ2n) is 7.11. The van der Waals surface area contributed by atoms with Crippen molar-refractivity contribution in [1.29, 1.82) is 0 Å². The smallest absolute Gasteiger partial charge is 0.251 e. The number of fused-ring (bicyclic) bond motifs is 1. The predicted molar refractivity (Wildman–Crippen MR) is 110 cm³/mol. The lowest BCUT2D eigenvalue weighted by molar-refractivity contribution is -0.123. The molecule has 7 heteroatoms. The number of hydrogen-bond donors (Lipinski definition) is 2. The standard InChI is InChI=1S/C22H20N4O3/c1-13-3-5-16(6-4-13)18-12-23-26-19(22(29)25-21(18)26)11-20(28)24-17-9-7-15(8-10-17)14(2)27/h3-10,12,19H,11H2,1-2H3,(H,24,28)(H,25,29). The topological polar surface area (TPSA) is 93.1 Å². The predicted octanol–water partition coefficient (Wildman–Crippen LogP) is 3.58. The number of hydrogen-bond acceptors (Lipinski definition) is 4. The van der Waals surface area contributed by atoms with E-state index in [0.29, 0.717) is 17.1 Å². The van der Waals surface area contributed by atoms with Crippen molar-refractivity contribution in [3.8, 4) is 11.1 Å².